The number of carbonyl (C=O) groups is 2. The van der Waals surface area contributed by atoms with Crippen LogP contribution in [0.3, 0.4) is 0 Å². The predicted octanol–water partition coefficient (Wildman–Crippen LogP) is 1.84. The highest BCUT2D eigenvalue weighted by Gasteiger charge is 2.41. The zero-order valence-electron chi connectivity index (χ0n) is 16.9. The Kier molecular flexibility index (Phi) is 5.63. The Labute approximate surface area is 169 Å². The van der Waals surface area contributed by atoms with Crippen molar-refractivity contribution in [2.24, 2.45) is 5.92 Å². The van der Waals surface area contributed by atoms with E-state index in [2.05, 4.69) is 5.32 Å². The maximum atomic E-state index is 12.9. The molecule has 3 aliphatic rings. The average Bonchev–Trinajstić information content (AvgIpc) is 2.71. The van der Waals surface area contributed by atoms with Crippen molar-refractivity contribution in [3.05, 3.63) is 27.7 Å². The molecule has 1 aliphatic carbocycles. The van der Waals surface area contributed by atoms with Crippen LogP contribution in [0.5, 0.6) is 5.75 Å². The molecule has 158 valence electrons. The van der Waals surface area contributed by atoms with Gasteiger partial charge in [0, 0.05) is 18.8 Å². The molecule has 1 saturated heterocycles. The molecule has 0 bridgehead atoms. The molecule has 0 spiro atoms. The molecule has 3 heterocycles. The lowest BCUT2D eigenvalue weighted by Crippen LogP contribution is -2.57. The number of aromatic hydroxyl groups is 1. The number of aromatic nitrogens is 1. The maximum absolute atomic E-state index is 12.9. The van der Waals surface area contributed by atoms with Gasteiger partial charge in [-0.1, -0.05) is 32.1 Å². The molecule has 8 heteroatoms. The van der Waals surface area contributed by atoms with Gasteiger partial charge in [0.1, 0.15) is 5.56 Å². The summed E-state index contributed by atoms with van der Waals surface area (Å²) in [6.07, 6.45) is 8.67. The van der Waals surface area contributed by atoms with Crippen LogP contribution in [0.25, 0.3) is 0 Å². The van der Waals surface area contributed by atoms with E-state index < -0.39 is 29.2 Å². The largest absolute Gasteiger partial charge is 0.503 e. The summed E-state index contributed by atoms with van der Waals surface area (Å²) in [6, 6.07) is -0.0349. The highest BCUT2D eigenvalue weighted by atomic mass is 16.5. The van der Waals surface area contributed by atoms with Crippen molar-refractivity contribution < 1.29 is 19.4 Å². The van der Waals surface area contributed by atoms with Gasteiger partial charge >= 0.3 is 0 Å². The summed E-state index contributed by atoms with van der Waals surface area (Å²) in [5.41, 5.74) is -1.01. The van der Waals surface area contributed by atoms with Crippen LogP contribution in [0.2, 0.25) is 0 Å². The third-order valence-corrected chi connectivity index (χ3v) is 6.48. The van der Waals surface area contributed by atoms with E-state index in [-0.39, 0.29) is 23.8 Å². The van der Waals surface area contributed by atoms with Crippen molar-refractivity contribution >= 4 is 11.8 Å². The minimum absolute atomic E-state index is 0.0349. The molecule has 1 aromatic heterocycles. The Bertz CT molecular complexity index is 859. The van der Waals surface area contributed by atoms with Gasteiger partial charge in [-0.05, 0) is 25.7 Å². The molecule has 1 saturated carbocycles. The van der Waals surface area contributed by atoms with Gasteiger partial charge in [0.05, 0.1) is 13.2 Å². The Hall–Kier alpha value is -2.35. The van der Waals surface area contributed by atoms with Gasteiger partial charge in [-0.15, -0.1) is 0 Å². The minimum Gasteiger partial charge on any atom is -0.503 e. The number of carbonyl (C=O) groups excluding carboxylic acids is 2. The van der Waals surface area contributed by atoms with Crippen molar-refractivity contribution in [1.29, 1.82) is 0 Å². The van der Waals surface area contributed by atoms with Crippen LogP contribution in [-0.2, 0) is 11.3 Å². The Morgan fingerprint density at radius 3 is 2.76 bits per heavy atom. The van der Waals surface area contributed by atoms with E-state index in [0.29, 0.717) is 25.5 Å². The second-order valence-corrected chi connectivity index (χ2v) is 8.45. The Balaban J connectivity index is 1.52. The third-order valence-electron chi connectivity index (χ3n) is 6.48. The molecule has 2 fully saturated rings. The van der Waals surface area contributed by atoms with Crippen molar-refractivity contribution in [3.63, 3.8) is 0 Å². The highest BCUT2D eigenvalue weighted by molar-refractivity contribution is 5.99. The average molecular weight is 403 g/mol. The van der Waals surface area contributed by atoms with Crippen molar-refractivity contribution in [3.8, 4) is 5.75 Å². The molecule has 2 amide bonds. The molecular weight excluding hydrogens is 374 g/mol. The summed E-state index contributed by atoms with van der Waals surface area (Å²) in [6.45, 7) is 3.25. The first-order chi connectivity index (χ1) is 14.0. The zero-order valence-corrected chi connectivity index (χ0v) is 16.9. The van der Waals surface area contributed by atoms with Crippen LogP contribution in [0.15, 0.2) is 11.0 Å². The summed E-state index contributed by atoms with van der Waals surface area (Å²) in [7, 11) is 0. The second-order valence-electron chi connectivity index (χ2n) is 8.45. The van der Waals surface area contributed by atoms with Gasteiger partial charge in [-0.2, -0.15) is 0 Å². The number of nitrogens with one attached hydrogen (secondary N) is 1. The number of fused-ring (bicyclic) bond motifs is 2. The van der Waals surface area contributed by atoms with Gasteiger partial charge in [-0.3, -0.25) is 14.4 Å². The quantitative estimate of drug-likeness (QED) is 0.799. The molecular formula is C21H29N3O5. The van der Waals surface area contributed by atoms with Gasteiger partial charge < -0.3 is 24.6 Å². The molecule has 2 N–H and O–H groups in total. The SMILES string of the molecule is C[C@@H]1CCOC2Cn3cc(C(=O)NCCC4CCCCC4)c(=O)c(O)c3C(=O)N21. The van der Waals surface area contributed by atoms with Crippen LogP contribution in [0.4, 0.5) is 0 Å². The Morgan fingerprint density at radius 1 is 1.24 bits per heavy atom. The predicted molar refractivity (Wildman–Crippen MR) is 106 cm³/mol. The van der Waals surface area contributed by atoms with E-state index in [1.54, 1.807) is 4.90 Å². The summed E-state index contributed by atoms with van der Waals surface area (Å²) in [5, 5.41) is 13.3. The first-order valence-corrected chi connectivity index (χ1v) is 10.7. The number of ether oxygens (including phenoxy) is 1. The van der Waals surface area contributed by atoms with E-state index in [0.717, 1.165) is 6.42 Å². The molecule has 29 heavy (non-hydrogen) atoms. The third kappa shape index (κ3) is 3.77. The van der Waals surface area contributed by atoms with Crippen LogP contribution in [0, 0.1) is 5.92 Å². The normalized spacial score (nSPS) is 24.7. The van der Waals surface area contributed by atoms with Gasteiger partial charge in [-0.25, -0.2) is 0 Å². The van der Waals surface area contributed by atoms with E-state index in [1.165, 1.54) is 42.9 Å². The van der Waals surface area contributed by atoms with Crippen molar-refractivity contribution in [2.75, 3.05) is 13.2 Å². The molecule has 0 aromatic carbocycles. The summed E-state index contributed by atoms with van der Waals surface area (Å²) < 4.78 is 7.19. The molecule has 2 atom stereocenters. The fourth-order valence-electron chi connectivity index (χ4n) is 4.78. The molecule has 2 aliphatic heterocycles. The summed E-state index contributed by atoms with van der Waals surface area (Å²) in [4.78, 5) is 39.7. The topological polar surface area (TPSA) is 101 Å². The van der Waals surface area contributed by atoms with Crippen LogP contribution in [0.1, 0.15) is 72.7 Å². The van der Waals surface area contributed by atoms with E-state index in [9.17, 15) is 19.5 Å². The number of hydrogen-bond acceptors (Lipinski definition) is 5. The lowest BCUT2D eigenvalue weighted by atomic mass is 9.87. The molecule has 1 aromatic rings. The second kappa shape index (κ2) is 8.18. The van der Waals surface area contributed by atoms with Crippen molar-refractivity contribution in [1.82, 2.24) is 14.8 Å². The summed E-state index contributed by atoms with van der Waals surface area (Å²) in [5.74, 6) is -0.987. The number of amides is 2. The number of hydrogen-bond donors (Lipinski definition) is 2. The molecule has 1 unspecified atom stereocenters. The van der Waals surface area contributed by atoms with Gasteiger partial charge in [0.15, 0.2) is 17.7 Å². The number of nitrogens with zero attached hydrogens (tertiary/aromatic N) is 2. The van der Waals surface area contributed by atoms with Gasteiger partial charge in [0.25, 0.3) is 11.8 Å². The molecule has 4 rings (SSSR count). The Morgan fingerprint density at radius 2 is 2.00 bits per heavy atom. The smallest absolute Gasteiger partial charge is 0.276 e. The maximum Gasteiger partial charge on any atom is 0.276 e. The minimum atomic E-state index is -0.802. The number of rotatable bonds is 4. The number of pyridine rings is 1. The molecule has 0 radical (unpaired) electrons. The van der Waals surface area contributed by atoms with Crippen LogP contribution >= 0.6 is 0 Å². The van der Waals surface area contributed by atoms with E-state index in [4.69, 9.17) is 4.74 Å². The zero-order chi connectivity index (χ0) is 20.5. The van der Waals surface area contributed by atoms with E-state index >= 15 is 0 Å². The van der Waals surface area contributed by atoms with Gasteiger partial charge in [0.2, 0.25) is 5.43 Å². The fourth-order valence-corrected chi connectivity index (χ4v) is 4.78. The van der Waals surface area contributed by atoms with Crippen molar-refractivity contribution in [2.45, 2.75) is 70.7 Å². The first kappa shape index (κ1) is 19.9. The molecule has 8 nitrogen and oxygen atoms in total. The monoisotopic (exact) mass is 403 g/mol. The fraction of sp³-hybridized carbons (Fsp3) is 0.667. The van der Waals surface area contributed by atoms with E-state index in [1.807, 2.05) is 6.92 Å². The van der Waals surface area contributed by atoms with Crippen LogP contribution < -0.4 is 10.7 Å². The lowest BCUT2D eigenvalue weighted by molar-refractivity contribution is -0.112. The summed E-state index contributed by atoms with van der Waals surface area (Å²) >= 11 is 0. The lowest BCUT2D eigenvalue weighted by Gasteiger charge is -2.44. The highest BCUT2D eigenvalue weighted by Crippen LogP contribution is 2.29. The standard InChI is InChI=1S/C21H29N3O5/c1-13-8-10-29-16-12-23-11-15(18(25)19(26)17(23)21(28)24(13)16)20(27)22-9-7-14-5-3-2-4-6-14/h11,13-14,16,26H,2-10,12H2,1H3,(H,22,27)/t13-,16?/m1/s1. The van der Waals surface area contributed by atoms with Crippen LogP contribution in [-0.4, -0.2) is 51.8 Å². The first-order valence-electron chi connectivity index (χ1n) is 10.7.